The molecule has 2 saturated heterocycles. The zero-order chi connectivity index (χ0) is 20.1. The first kappa shape index (κ1) is 19.7. The van der Waals surface area contributed by atoms with E-state index in [2.05, 4.69) is 57.7 Å². The van der Waals surface area contributed by atoms with Gasteiger partial charge in [-0.3, -0.25) is 9.79 Å². The van der Waals surface area contributed by atoms with Gasteiger partial charge >= 0.3 is 0 Å². The molecule has 1 atom stereocenters. The molecule has 154 valence electrons. The molecule has 1 amide bonds. The minimum Gasteiger partial charge on any atom is -0.368 e. The van der Waals surface area contributed by atoms with Gasteiger partial charge in [0.05, 0.1) is 0 Å². The second-order valence-electron chi connectivity index (χ2n) is 7.72. The first-order valence-electron chi connectivity index (χ1n) is 10.6. The van der Waals surface area contributed by atoms with Gasteiger partial charge in [0.2, 0.25) is 0 Å². The number of hydrogen-bond acceptors (Lipinski definition) is 3. The van der Waals surface area contributed by atoms with Crippen LogP contribution in [-0.4, -0.2) is 74.1 Å². The molecule has 0 bridgehead atoms. The number of guanidine groups is 1. The van der Waals surface area contributed by atoms with Crippen LogP contribution in [0, 0.1) is 0 Å². The lowest BCUT2D eigenvalue weighted by atomic mass is 10.1. The van der Waals surface area contributed by atoms with Crippen molar-refractivity contribution in [1.29, 1.82) is 0 Å². The molecule has 2 heterocycles. The van der Waals surface area contributed by atoms with E-state index < -0.39 is 0 Å². The van der Waals surface area contributed by atoms with Crippen molar-refractivity contribution in [3.8, 4) is 0 Å². The van der Waals surface area contributed by atoms with Crippen LogP contribution in [0.3, 0.4) is 0 Å². The summed E-state index contributed by atoms with van der Waals surface area (Å²) in [5.41, 5.74) is 1.32. The lowest BCUT2D eigenvalue weighted by Crippen LogP contribution is -2.55. The maximum absolute atomic E-state index is 12.5. The quantitative estimate of drug-likeness (QED) is 0.639. The number of nitrogens with one attached hydrogen (secondary N) is 1. The lowest BCUT2D eigenvalue weighted by molar-refractivity contribution is -0.142. The van der Waals surface area contributed by atoms with Crippen LogP contribution in [0.5, 0.6) is 0 Å². The molecule has 0 saturated carbocycles. The third-order valence-electron chi connectivity index (χ3n) is 5.82. The van der Waals surface area contributed by atoms with Gasteiger partial charge in [0.1, 0.15) is 6.10 Å². The third-order valence-corrected chi connectivity index (χ3v) is 5.82. The SMILES string of the molecule is CN=C(NCCc1ccc2ccccc2c1)N1CCN(C(=O)C2CCCO2)CC1. The van der Waals surface area contributed by atoms with Crippen LogP contribution in [0.4, 0.5) is 0 Å². The van der Waals surface area contributed by atoms with Gasteiger partial charge in [-0.15, -0.1) is 0 Å². The molecule has 2 aliphatic heterocycles. The fraction of sp³-hybridized carbons (Fsp3) is 0.478. The zero-order valence-corrected chi connectivity index (χ0v) is 17.1. The number of ether oxygens (including phenoxy) is 1. The average molecular weight is 395 g/mol. The van der Waals surface area contributed by atoms with E-state index in [-0.39, 0.29) is 12.0 Å². The topological polar surface area (TPSA) is 57.2 Å². The second kappa shape index (κ2) is 9.27. The van der Waals surface area contributed by atoms with Crippen molar-refractivity contribution in [2.45, 2.75) is 25.4 Å². The molecule has 0 aromatic heterocycles. The Balaban J connectivity index is 1.25. The van der Waals surface area contributed by atoms with Crippen molar-refractivity contribution in [1.82, 2.24) is 15.1 Å². The number of nitrogens with zero attached hydrogens (tertiary/aromatic N) is 3. The van der Waals surface area contributed by atoms with Gasteiger partial charge in [-0.05, 0) is 35.6 Å². The molecule has 2 aliphatic rings. The highest BCUT2D eigenvalue weighted by Crippen LogP contribution is 2.17. The van der Waals surface area contributed by atoms with E-state index in [0.29, 0.717) is 6.61 Å². The molecule has 2 aromatic rings. The van der Waals surface area contributed by atoms with Gasteiger partial charge in [0.15, 0.2) is 5.96 Å². The molecule has 0 radical (unpaired) electrons. The number of benzene rings is 2. The molecule has 0 aliphatic carbocycles. The predicted molar refractivity (Wildman–Crippen MR) is 116 cm³/mol. The number of hydrogen-bond donors (Lipinski definition) is 1. The molecule has 1 unspecified atom stereocenters. The Morgan fingerprint density at radius 1 is 1.10 bits per heavy atom. The Morgan fingerprint density at radius 2 is 1.86 bits per heavy atom. The van der Waals surface area contributed by atoms with E-state index in [1.807, 2.05) is 11.9 Å². The summed E-state index contributed by atoms with van der Waals surface area (Å²) in [6, 6.07) is 15.1. The van der Waals surface area contributed by atoms with Crippen LogP contribution >= 0.6 is 0 Å². The van der Waals surface area contributed by atoms with Crippen LogP contribution in [0.2, 0.25) is 0 Å². The molecule has 6 heteroatoms. The number of amides is 1. The summed E-state index contributed by atoms with van der Waals surface area (Å²) in [5.74, 6) is 1.07. The van der Waals surface area contributed by atoms with E-state index >= 15 is 0 Å². The Morgan fingerprint density at radius 3 is 2.59 bits per heavy atom. The smallest absolute Gasteiger partial charge is 0.251 e. The molecule has 6 nitrogen and oxygen atoms in total. The van der Waals surface area contributed by atoms with E-state index in [1.165, 1.54) is 16.3 Å². The van der Waals surface area contributed by atoms with E-state index in [9.17, 15) is 4.79 Å². The van der Waals surface area contributed by atoms with E-state index in [0.717, 1.165) is 57.9 Å². The summed E-state index contributed by atoms with van der Waals surface area (Å²) in [6.45, 7) is 4.60. The van der Waals surface area contributed by atoms with Crippen molar-refractivity contribution < 1.29 is 9.53 Å². The molecule has 29 heavy (non-hydrogen) atoms. The number of carbonyl (C=O) groups is 1. The summed E-state index contributed by atoms with van der Waals surface area (Å²) in [5, 5.41) is 6.04. The van der Waals surface area contributed by atoms with Gasteiger partial charge < -0.3 is 19.9 Å². The maximum Gasteiger partial charge on any atom is 0.251 e. The highest BCUT2D eigenvalue weighted by atomic mass is 16.5. The lowest BCUT2D eigenvalue weighted by Gasteiger charge is -2.37. The Labute approximate surface area is 172 Å². The van der Waals surface area contributed by atoms with Crippen molar-refractivity contribution in [3.63, 3.8) is 0 Å². The predicted octanol–water partition coefficient (Wildman–Crippen LogP) is 2.28. The van der Waals surface area contributed by atoms with Crippen LogP contribution < -0.4 is 5.32 Å². The van der Waals surface area contributed by atoms with Gasteiger partial charge in [0, 0.05) is 46.4 Å². The average Bonchev–Trinajstić information content (AvgIpc) is 3.31. The summed E-state index contributed by atoms with van der Waals surface area (Å²) in [7, 11) is 1.82. The van der Waals surface area contributed by atoms with E-state index in [1.54, 1.807) is 0 Å². The van der Waals surface area contributed by atoms with Crippen molar-refractivity contribution in [2.24, 2.45) is 4.99 Å². The minimum atomic E-state index is -0.221. The fourth-order valence-corrected chi connectivity index (χ4v) is 4.16. The van der Waals surface area contributed by atoms with Crippen LogP contribution in [-0.2, 0) is 16.0 Å². The monoisotopic (exact) mass is 394 g/mol. The maximum atomic E-state index is 12.5. The molecular formula is C23H30N4O2. The number of piperazine rings is 1. The highest BCUT2D eigenvalue weighted by Gasteiger charge is 2.30. The van der Waals surface area contributed by atoms with Gasteiger partial charge in [0.25, 0.3) is 5.91 Å². The third kappa shape index (κ3) is 4.70. The Bertz CT molecular complexity index is 868. The fourth-order valence-electron chi connectivity index (χ4n) is 4.16. The van der Waals surface area contributed by atoms with Gasteiger partial charge in [-0.2, -0.15) is 0 Å². The molecular weight excluding hydrogens is 364 g/mol. The van der Waals surface area contributed by atoms with E-state index in [4.69, 9.17) is 4.74 Å². The Hall–Kier alpha value is -2.60. The first-order valence-corrected chi connectivity index (χ1v) is 10.6. The summed E-state index contributed by atoms with van der Waals surface area (Å²) < 4.78 is 5.54. The molecule has 2 aromatic carbocycles. The van der Waals surface area contributed by atoms with Crippen molar-refractivity contribution >= 4 is 22.6 Å². The molecule has 2 fully saturated rings. The Kier molecular flexibility index (Phi) is 6.30. The normalized spacial score (nSPS) is 20.3. The van der Waals surface area contributed by atoms with Gasteiger partial charge in [-0.25, -0.2) is 0 Å². The minimum absolute atomic E-state index is 0.154. The van der Waals surface area contributed by atoms with Crippen LogP contribution in [0.25, 0.3) is 10.8 Å². The summed E-state index contributed by atoms with van der Waals surface area (Å²) >= 11 is 0. The zero-order valence-electron chi connectivity index (χ0n) is 17.1. The number of rotatable bonds is 4. The molecule has 0 spiro atoms. The number of fused-ring (bicyclic) bond motifs is 1. The number of carbonyl (C=O) groups excluding carboxylic acids is 1. The second-order valence-corrected chi connectivity index (χ2v) is 7.72. The summed E-state index contributed by atoms with van der Waals surface area (Å²) in [6.07, 6.45) is 2.57. The van der Waals surface area contributed by atoms with Crippen molar-refractivity contribution in [3.05, 3.63) is 48.0 Å². The number of aliphatic imine (C=N–C) groups is 1. The first-order chi connectivity index (χ1) is 14.2. The van der Waals surface area contributed by atoms with Gasteiger partial charge in [-0.1, -0.05) is 42.5 Å². The molecule has 1 N–H and O–H groups in total. The molecule has 4 rings (SSSR count). The summed E-state index contributed by atoms with van der Waals surface area (Å²) in [4.78, 5) is 21.1. The standard InChI is InChI=1S/C23H30N4O2/c1-24-23(25-11-10-18-8-9-19-5-2-3-6-20(19)17-18)27-14-12-26(13-15-27)22(28)21-7-4-16-29-21/h2-3,5-6,8-9,17,21H,4,7,10-16H2,1H3,(H,24,25). The highest BCUT2D eigenvalue weighted by molar-refractivity contribution is 5.84. The van der Waals surface area contributed by atoms with Crippen LogP contribution in [0.1, 0.15) is 18.4 Å². The largest absolute Gasteiger partial charge is 0.368 e. The van der Waals surface area contributed by atoms with Crippen molar-refractivity contribution in [2.75, 3.05) is 46.4 Å². The van der Waals surface area contributed by atoms with Crippen LogP contribution in [0.15, 0.2) is 47.5 Å².